The van der Waals surface area contributed by atoms with Crippen LogP contribution in [0, 0.1) is 17.2 Å². The lowest BCUT2D eigenvalue weighted by Crippen LogP contribution is -2.44. The Morgan fingerprint density at radius 3 is 2.57 bits per heavy atom. The maximum absolute atomic E-state index is 14.3. The van der Waals surface area contributed by atoms with Gasteiger partial charge < -0.3 is 9.84 Å². The molecule has 0 aliphatic heterocycles. The lowest BCUT2D eigenvalue weighted by atomic mass is 9.85. The van der Waals surface area contributed by atoms with E-state index in [2.05, 4.69) is 6.58 Å². The Bertz CT molecular complexity index is 1040. The molecule has 0 spiro atoms. The predicted octanol–water partition coefficient (Wildman–Crippen LogP) is 4.20. The van der Waals surface area contributed by atoms with Gasteiger partial charge in [0.2, 0.25) is 9.84 Å². The van der Waals surface area contributed by atoms with Crippen LogP contribution >= 0.6 is 0 Å². The van der Waals surface area contributed by atoms with E-state index < -0.39 is 50.7 Å². The number of fused-ring (bicyclic) bond motifs is 1. The highest BCUT2D eigenvalue weighted by molar-refractivity contribution is 7.95. The lowest BCUT2D eigenvalue weighted by molar-refractivity contribution is -0.123. The van der Waals surface area contributed by atoms with Crippen molar-refractivity contribution in [1.82, 2.24) is 0 Å². The van der Waals surface area contributed by atoms with Crippen LogP contribution < -0.4 is 0 Å². The van der Waals surface area contributed by atoms with Crippen molar-refractivity contribution < 1.29 is 40.2 Å². The van der Waals surface area contributed by atoms with Crippen LogP contribution in [0.25, 0.3) is 0 Å². The van der Waals surface area contributed by atoms with Crippen molar-refractivity contribution in [3.63, 3.8) is 0 Å². The molecule has 11 heteroatoms. The maximum atomic E-state index is 14.3. The number of halogens is 5. The first-order chi connectivity index (χ1) is 13.8. The third kappa shape index (κ3) is 4.88. The summed E-state index contributed by atoms with van der Waals surface area (Å²) >= 11 is 0. The fraction of sp³-hybridized carbons (Fsp3) is 0.316. The molecule has 2 aliphatic rings. The second-order valence-electron chi connectivity index (χ2n) is 6.52. The Morgan fingerprint density at radius 1 is 1.40 bits per heavy atom. The van der Waals surface area contributed by atoms with E-state index in [-0.39, 0.29) is 22.7 Å². The summed E-state index contributed by atoms with van der Waals surface area (Å²) in [5, 5.41) is 18.7. The summed E-state index contributed by atoms with van der Waals surface area (Å²) in [4.78, 5) is -1.11. The molecule has 0 aromatic heterocycles. The Morgan fingerprint density at radius 2 is 2.03 bits per heavy atom. The van der Waals surface area contributed by atoms with Gasteiger partial charge in [0.25, 0.3) is 5.92 Å². The summed E-state index contributed by atoms with van der Waals surface area (Å²) in [7, 11) is -5.31. The van der Waals surface area contributed by atoms with Gasteiger partial charge in [-0.05, 0) is 30.7 Å². The van der Waals surface area contributed by atoms with Crippen LogP contribution in [-0.4, -0.2) is 31.3 Å². The van der Waals surface area contributed by atoms with Gasteiger partial charge in [-0.2, -0.15) is 14.0 Å². The molecule has 0 amide bonds. The van der Waals surface area contributed by atoms with E-state index >= 15 is 0 Å². The van der Waals surface area contributed by atoms with Crippen molar-refractivity contribution >= 4 is 9.84 Å². The fourth-order valence-electron chi connectivity index (χ4n) is 2.89. The number of aliphatic hydroxyl groups is 1. The van der Waals surface area contributed by atoms with Gasteiger partial charge in [-0.25, -0.2) is 21.6 Å². The minimum atomic E-state index is -5.31. The fourth-order valence-corrected chi connectivity index (χ4v) is 3.93. The molecule has 0 radical (unpaired) electrons. The number of nitriles is 1. The van der Waals surface area contributed by atoms with E-state index in [0.29, 0.717) is 6.08 Å². The topological polar surface area (TPSA) is 87.4 Å². The number of hydrogen-bond acceptors (Lipinski definition) is 5. The molecule has 2 atom stereocenters. The largest absolute Gasteiger partial charge is 0.457 e. The Labute approximate surface area is 169 Å². The average molecular weight is 449 g/mol. The molecule has 0 heterocycles. The van der Waals surface area contributed by atoms with Crippen LogP contribution in [0.1, 0.15) is 13.3 Å². The zero-order valence-corrected chi connectivity index (χ0v) is 16.3. The van der Waals surface area contributed by atoms with Gasteiger partial charge in [-0.15, -0.1) is 0 Å². The van der Waals surface area contributed by atoms with Crippen molar-refractivity contribution in [1.29, 1.82) is 5.26 Å². The van der Waals surface area contributed by atoms with Crippen molar-refractivity contribution in [2.75, 3.05) is 0 Å². The van der Waals surface area contributed by atoms with Gasteiger partial charge in [0.05, 0.1) is 11.0 Å². The van der Waals surface area contributed by atoms with Crippen molar-refractivity contribution in [3.8, 4) is 6.07 Å². The number of ether oxygens (including phenoxy) is 1. The summed E-state index contributed by atoms with van der Waals surface area (Å²) in [6.45, 7) is 4.40. The van der Waals surface area contributed by atoms with E-state index in [1.165, 1.54) is 0 Å². The monoisotopic (exact) mass is 449 g/mol. The molecule has 0 aromatic rings. The molecule has 1 unspecified atom stereocenters. The van der Waals surface area contributed by atoms with Gasteiger partial charge >= 0.3 is 5.76 Å². The predicted molar refractivity (Wildman–Crippen MR) is 97.0 cm³/mol. The Hall–Kier alpha value is -2.71. The smallest absolute Gasteiger partial charge is 0.340 e. The van der Waals surface area contributed by atoms with Gasteiger partial charge in [0, 0.05) is 24.0 Å². The zero-order chi connectivity index (χ0) is 22.9. The second-order valence-corrected chi connectivity index (χ2v) is 8.44. The molecule has 0 aromatic carbocycles. The first-order valence-corrected chi connectivity index (χ1v) is 9.87. The minimum Gasteiger partial charge on any atom is -0.457 e. The molecule has 1 N–H and O–H groups in total. The van der Waals surface area contributed by atoms with E-state index in [1.807, 2.05) is 0 Å². The number of hydrogen-bond donors (Lipinski definition) is 1. The summed E-state index contributed by atoms with van der Waals surface area (Å²) in [5.41, 5.74) is -0.450. The molecule has 0 saturated carbocycles. The maximum Gasteiger partial charge on any atom is 0.340 e. The standard InChI is InChI=1S/C19H16F5NO4S/c1-10(9-25)5-13(6-11(2)20)29-15-3-4-16(30(27,28)18(21)22)14-7-12(15)8-19(23,24)17(14)26/h3-7,14,17-18,26H,1,8H2,2H3/b11-6+,13-5+/t14?,17-/m0/s1. The molecule has 162 valence electrons. The first kappa shape index (κ1) is 23.6. The third-order valence-electron chi connectivity index (χ3n) is 4.22. The van der Waals surface area contributed by atoms with E-state index in [1.54, 1.807) is 6.07 Å². The van der Waals surface area contributed by atoms with E-state index in [4.69, 9.17) is 10.00 Å². The molecular weight excluding hydrogens is 433 g/mol. The number of aliphatic hydroxyl groups excluding tert-OH is 1. The number of nitrogens with zero attached hydrogens (tertiary/aromatic N) is 1. The van der Waals surface area contributed by atoms with Crippen LogP contribution in [0.3, 0.4) is 0 Å². The Kier molecular flexibility index (Phi) is 6.73. The van der Waals surface area contributed by atoms with Gasteiger partial charge in [0.1, 0.15) is 23.4 Å². The highest BCUT2D eigenvalue weighted by Crippen LogP contribution is 2.45. The summed E-state index contributed by atoms with van der Waals surface area (Å²) in [5.74, 6) is -11.2. The number of allylic oxidation sites excluding steroid dienone is 7. The lowest BCUT2D eigenvalue weighted by Gasteiger charge is -2.34. The van der Waals surface area contributed by atoms with E-state index in [9.17, 15) is 35.5 Å². The minimum absolute atomic E-state index is 0.163. The van der Waals surface area contributed by atoms with Gasteiger partial charge in [0.15, 0.2) is 0 Å². The molecular formula is C19H16F5NO4S. The van der Waals surface area contributed by atoms with Gasteiger partial charge in [-0.1, -0.05) is 12.7 Å². The highest BCUT2D eigenvalue weighted by atomic mass is 32.2. The summed E-state index contributed by atoms with van der Waals surface area (Å²) in [6, 6.07) is 1.66. The molecule has 5 nitrogen and oxygen atoms in total. The average Bonchev–Trinajstić information content (AvgIpc) is 2.77. The molecule has 0 saturated heterocycles. The number of rotatable bonds is 6. The van der Waals surface area contributed by atoms with Crippen LogP contribution in [0.5, 0.6) is 0 Å². The molecule has 2 rings (SSSR count). The first-order valence-electron chi connectivity index (χ1n) is 8.33. The van der Waals surface area contributed by atoms with Crippen LogP contribution in [0.2, 0.25) is 0 Å². The summed E-state index contributed by atoms with van der Waals surface area (Å²) < 4.78 is 97.4. The second kappa shape index (κ2) is 8.57. The Balaban J connectivity index is 2.63. The van der Waals surface area contributed by atoms with Crippen LogP contribution in [-0.2, 0) is 14.6 Å². The van der Waals surface area contributed by atoms with Gasteiger partial charge in [-0.3, -0.25) is 0 Å². The molecule has 30 heavy (non-hydrogen) atoms. The van der Waals surface area contributed by atoms with Crippen molar-refractivity contribution in [2.24, 2.45) is 5.92 Å². The zero-order valence-electron chi connectivity index (χ0n) is 15.5. The summed E-state index contributed by atoms with van der Waals surface area (Å²) in [6.07, 6.45) is 0.575. The van der Waals surface area contributed by atoms with Crippen LogP contribution in [0.15, 0.2) is 70.4 Å². The number of alkyl halides is 4. The third-order valence-corrected chi connectivity index (χ3v) is 5.75. The quantitative estimate of drug-likeness (QED) is 0.284. The SMILES string of the molecule is C=C(C#N)/C=C(\C=C(/C)F)OC1=CC=C(S(=O)(=O)C(F)F)C2C=C1CC(F)(F)[C@H]2O. The normalized spacial score (nSPS) is 24.3. The molecule has 2 bridgehead atoms. The van der Waals surface area contributed by atoms with E-state index in [0.717, 1.165) is 31.2 Å². The molecule has 0 fully saturated rings. The van der Waals surface area contributed by atoms with Crippen molar-refractivity contribution in [3.05, 3.63) is 70.4 Å². The molecule has 2 aliphatic carbocycles. The van der Waals surface area contributed by atoms with Crippen LogP contribution in [0.4, 0.5) is 22.0 Å². The number of sulfone groups is 1. The highest BCUT2D eigenvalue weighted by Gasteiger charge is 2.51. The van der Waals surface area contributed by atoms with Crippen molar-refractivity contribution in [2.45, 2.75) is 31.1 Å².